The van der Waals surface area contributed by atoms with Crippen molar-refractivity contribution in [3.63, 3.8) is 0 Å². The summed E-state index contributed by atoms with van der Waals surface area (Å²) in [6.07, 6.45) is 37.9. The third-order valence-corrected chi connectivity index (χ3v) is 10.7. The van der Waals surface area contributed by atoms with Gasteiger partial charge in [0.1, 0.15) is 12.2 Å². The van der Waals surface area contributed by atoms with Gasteiger partial charge in [0.05, 0.1) is 26.4 Å². The van der Waals surface area contributed by atoms with Crippen LogP contribution in [0.3, 0.4) is 0 Å². The topological polar surface area (TPSA) is 132 Å². The van der Waals surface area contributed by atoms with Gasteiger partial charge in [-0.25, -0.2) is 4.57 Å². The summed E-state index contributed by atoms with van der Waals surface area (Å²) >= 11 is 0. The van der Waals surface area contributed by atoms with E-state index in [1.165, 1.54) is 167 Å². The number of aliphatic hydroxyl groups excluding tert-OH is 2. The Hall–Kier alpha value is -0.540. The van der Waals surface area contributed by atoms with E-state index in [9.17, 15) is 19.4 Å². The molecule has 0 heterocycles. The maximum absolute atomic E-state index is 12.5. The minimum Gasteiger partial charge on any atom is -0.457 e. The molecule has 0 saturated carbocycles. The van der Waals surface area contributed by atoms with Crippen molar-refractivity contribution >= 4 is 13.8 Å². The molecule has 0 radical (unpaired) electrons. The third kappa shape index (κ3) is 39.2. The van der Waals surface area contributed by atoms with Crippen molar-refractivity contribution in [1.29, 1.82) is 0 Å². The van der Waals surface area contributed by atoms with Gasteiger partial charge in [0.15, 0.2) is 0 Å². The predicted molar refractivity (Wildman–Crippen MR) is 215 cm³/mol. The van der Waals surface area contributed by atoms with E-state index in [1.54, 1.807) is 0 Å². The SMILES string of the molecule is CCCCCCCCCCCCCCCCCCCCCCCOCC(COP(=O)(O)OCC(O)CO)OC(=O)CCCCCCCCCCCC. The standard InChI is InChI=1S/C42H85O9P/c1-3-5-7-9-11-13-15-16-17-18-19-20-21-22-23-24-25-27-29-31-33-35-48-38-41(39-50-52(46,47)49-37-40(44)36-43)51-42(45)34-32-30-28-26-14-12-10-8-6-4-2/h40-41,43-44H,3-39H2,1-2H3,(H,46,47). The average Bonchev–Trinajstić information content (AvgIpc) is 3.13. The molecule has 0 rings (SSSR count). The number of aliphatic hydroxyl groups is 2. The second kappa shape index (κ2) is 40.1. The second-order valence-corrected chi connectivity index (χ2v) is 16.5. The molecule has 0 aliphatic carbocycles. The lowest BCUT2D eigenvalue weighted by Crippen LogP contribution is -2.29. The molecule has 0 aliphatic heterocycles. The van der Waals surface area contributed by atoms with E-state index in [1.807, 2.05) is 0 Å². The normalized spacial score (nSPS) is 14.0. The summed E-state index contributed by atoms with van der Waals surface area (Å²) in [5.41, 5.74) is 0. The van der Waals surface area contributed by atoms with Gasteiger partial charge in [-0.05, 0) is 12.8 Å². The molecule has 3 N–H and O–H groups in total. The van der Waals surface area contributed by atoms with Crippen molar-refractivity contribution in [1.82, 2.24) is 0 Å². The van der Waals surface area contributed by atoms with Crippen LogP contribution in [0.5, 0.6) is 0 Å². The Kier molecular flexibility index (Phi) is 39.7. The molecule has 0 spiro atoms. The number of esters is 1. The predicted octanol–water partition coefficient (Wildman–Crippen LogP) is 11.9. The molecule has 0 aliphatic rings. The number of carbonyl (C=O) groups excluding carboxylic acids is 1. The number of phosphoric acid groups is 1. The van der Waals surface area contributed by atoms with Crippen LogP contribution in [0.15, 0.2) is 0 Å². The summed E-state index contributed by atoms with van der Waals surface area (Å²) in [6, 6.07) is 0. The number of unbranched alkanes of at least 4 members (excludes halogenated alkanes) is 29. The zero-order chi connectivity index (χ0) is 38.2. The number of ether oxygens (including phenoxy) is 2. The lowest BCUT2D eigenvalue weighted by Gasteiger charge is -2.20. The summed E-state index contributed by atoms with van der Waals surface area (Å²) in [4.78, 5) is 22.5. The fourth-order valence-corrected chi connectivity index (χ4v) is 7.21. The molecule has 0 amide bonds. The van der Waals surface area contributed by atoms with Crippen LogP contribution in [0.1, 0.15) is 219 Å². The molecule has 9 nitrogen and oxygen atoms in total. The first-order valence-electron chi connectivity index (χ1n) is 22.0. The third-order valence-electron chi connectivity index (χ3n) is 9.79. The van der Waals surface area contributed by atoms with Gasteiger partial charge in [0, 0.05) is 13.0 Å². The highest BCUT2D eigenvalue weighted by atomic mass is 31.2. The number of hydrogen-bond acceptors (Lipinski definition) is 8. The van der Waals surface area contributed by atoms with Crippen molar-refractivity contribution in [3.8, 4) is 0 Å². The van der Waals surface area contributed by atoms with Crippen LogP contribution in [0.2, 0.25) is 0 Å². The maximum Gasteiger partial charge on any atom is 0.472 e. The second-order valence-electron chi connectivity index (χ2n) is 15.1. The van der Waals surface area contributed by atoms with Gasteiger partial charge >= 0.3 is 13.8 Å². The molecule has 0 fully saturated rings. The van der Waals surface area contributed by atoms with Gasteiger partial charge in [-0.3, -0.25) is 13.8 Å². The van der Waals surface area contributed by atoms with Crippen LogP contribution in [0, 0.1) is 0 Å². The smallest absolute Gasteiger partial charge is 0.457 e. The fourth-order valence-electron chi connectivity index (χ4n) is 6.42. The van der Waals surface area contributed by atoms with Crippen LogP contribution < -0.4 is 0 Å². The Morgan fingerprint density at radius 2 is 0.865 bits per heavy atom. The molecule has 0 bridgehead atoms. The summed E-state index contributed by atoms with van der Waals surface area (Å²) in [7, 11) is -4.50. The van der Waals surface area contributed by atoms with E-state index >= 15 is 0 Å². The van der Waals surface area contributed by atoms with Crippen molar-refractivity contribution in [2.75, 3.05) is 33.0 Å². The Bertz CT molecular complexity index is 785. The van der Waals surface area contributed by atoms with Crippen molar-refractivity contribution in [3.05, 3.63) is 0 Å². The van der Waals surface area contributed by atoms with Gasteiger partial charge in [0.25, 0.3) is 0 Å². The highest BCUT2D eigenvalue weighted by molar-refractivity contribution is 7.47. The first kappa shape index (κ1) is 51.5. The van der Waals surface area contributed by atoms with Gasteiger partial charge in [0.2, 0.25) is 0 Å². The zero-order valence-electron chi connectivity index (χ0n) is 34.1. The number of phosphoric ester groups is 1. The summed E-state index contributed by atoms with van der Waals surface area (Å²) < 4.78 is 33.3. The minimum atomic E-state index is -4.50. The van der Waals surface area contributed by atoms with E-state index in [0.717, 1.165) is 32.1 Å². The lowest BCUT2D eigenvalue weighted by atomic mass is 10.0. The summed E-state index contributed by atoms with van der Waals surface area (Å²) in [6.45, 7) is 3.55. The average molecular weight is 765 g/mol. The maximum atomic E-state index is 12.5. The summed E-state index contributed by atoms with van der Waals surface area (Å²) in [5, 5.41) is 18.3. The van der Waals surface area contributed by atoms with E-state index in [4.69, 9.17) is 23.6 Å². The van der Waals surface area contributed by atoms with E-state index in [-0.39, 0.29) is 25.6 Å². The molecule has 0 aromatic heterocycles. The molecular formula is C42H85O9P. The van der Waals surface area contributed by atoms with Crippen molar-refractivity contribution in [2.45, 2.75) is 232 Å². The molecule has 3 unspecified atom stereocenters. The molecule has 312 valence electrons. The monoisotopic (exact) mass is 765 g/mol. The van der Waals surface area contributed by atoms with Crippen molar-refractivity contribution < 1.29 is 43.0 Å². The van der Waals surface area contributed by atoms with Crippen LogP contribution in [0.4, 0.5) is 0 Å². The number of rotatable bonds is 43. The Labute approximate surface area is 320 Å². The molecule has 0 saturated heterocycles. The van der Waals surface area contributed by atoms with Gasteiger partial charge in [-0.1, -0.05) is 200 Å². The Morgan fingerprint density at radius 1 is 0.519 bits per heavy atom. The van der Waals surface area contributed by atoms with Gasteiger partial charge < -0.3 is 24.6 Å². The van der Waals surface area contributed by atoms with Crippen molar-refractivity contribution in [2.24, 2.45) is 0 Å². The molecule has 3 atom stereocenters. The Morgan fingerprint density at radius 3 is 1.25 bits per heavy atom. The summed E-state index contributed by atoms with van der Waals surface area (Å²) in [5.74, 6) is -0.379. The van der Waals surface area contributed by atoms with Crippen LogP contribution in [0.25, 0.3) is 0 Å². The highest BCUT2D eigenvalue weighted by Gasteiger charge is 2.26. The quantitative estimate of drug-likeness (QED) is 0.0315. The van der Waals surface area contributed by atoms with Crippen LogP contribution in [-0.2, 0) is 27.9 Å². The number of carbonyl (C=O) groups is 1. The van der Waals surface area contributed by atoms with Crippen LogP contribution in [-0.4, -0.2) is 66.3 Å². The molecule has 52 heavy (non-hydrogen) atoms. The van der Waals surface area contributed by atoms with E-state index in [2.05, 4.69) is 13.8 Å². The van der Waals surface area contributed by atoms with Gasteiger partial charge in [-0.15, -0.1) is 0 Å². The first-order chi connectivity index (χ1) is 25.3. The Balaban J connectivity index is 4.00. The van der Waals surface area contributed by atoms with Crippen LogP contribution >= 0.6 is 7.82 Å². The van der Waals surface area contributed by atoms with Gasteiger partial charge in [-0.2, -0.15) is 0 Å². The minimum absolute atomic E-state index is 0.0578. The zero-order valence-corrected chi connectivity index (χ0v) is 35.0. The first-order valence-corrected chi connectivity index (χ1v) is 23.5. The largest absolute Gasteiger partial charge is 0.472 e. The van der Waals surface area contributed by atoms with E-state index < -0.39 is 33.2 Å². The lowest BCUT2D eigenvalue weighted by molar-refractivity contribution is -0.154. The van der Waals surface area contributed by atoms with E-state index in [0.29, 0.717) is 6.61 Å². The molecule has 0 aromatic carbocycles. The molecular weight excluding hydrogens is 679 g/mol. The fraction of sp³-hybridized carbons (Fsp3) is 0.976. The molecule has 0 aromatic rings. The molecule has 10 heteroatoms. The highest BCUT2D eigenvalue weighted by Crippen LogP contribution is 2.43. The number of hydrogen-bond donors (Lipinski definition) is 3.